The molecular formula is C14H28N2. The first-order valence-corrected chi connectivity index (χ1v) is 7.34. The SMILES string of the molecule is CCN1CCCC(NCC2CCCC2)CC1. The van der Waals surface area contributed by atoms with E-state index < -0.39 is 0 Å². The van der Waals surface area contributed by atoms with Gasteiger partial charge in [0.1, 0.15) is 0 Å². The van der Waals surface area contributed by atoms with Gasteiger partial charge in [-0.05, 0) is 64.2 Å². The van der Waals surface area contributed by atoms with Crippen molar-refractivity contribution in [2.45, 2.75) is 57.9 Å². The summed E-state index contributed by atoms with van der Waals surface area (Å²) >= 11 is 0. The van der Waals surface area contributed by atoms with E-state index in [0.717, 1.165) is 12.0 Å². The van der Waals surface area contributed by atoms with Crippen LogP contribution in [0.5, 0.6) is 0 Å². The highest BCUT2D eigenvalue weighted by molar-refractivity contribution is 4.77. The second kappa shape index (κ2) is 6.61. The van der Waals surface area contributed by atoms with Crippen LogP contribution >= 0.6 is 0 Å². The van der Waals surface area contributed by atoms with Gasteiger partial charge in [0.05, 0.1) is 0 Å². The third kappa shape index (κ3) is 3.74. The molecule has 0 amide bonds. The standard InChI is InChI=1S/C14H28N2/c1-2-16-10-5-8-14(9-11-16)15-12-13-6-3-4-7-13/h13-15H,2-12H2,1H3. The molecule has 0 aromatic heterocycles. The maximum absolute atomic E-state index is 3.82. The first-order chi connectivity index (χ1) is 7.88. The summed E-state index contributed by atoms with van der Waals surface area (Å²) < 4.78 is 0. The van der Waals surface area contributed by atoms with E-state index in [2.05, 4.69) is 17.1 Å². The van der Waals surface area contributed by atoms with Gasteiger partial charge in [0.15, 0.2) is 0 Å². The summed E-state index contributed by atoms with van der Waals surface area (Å²) in [5, 5.41) is 3.82. The summed E-state index contributed by atoms with van der Waals surface area (Å²) in [6.45, 7) is 7.43. The van der Waals surface area contributed by atoms with Gasteiger partial charge in [0.2, 0.25) is 0 Å². The van der Waals surface area contributed by atoms with E-state index in [9.17, 15) is 0 Å². The first-order valence-electron chi connectivity index (χ1n) is 7.34. The quantitative estimate of drug-likeness (QED) is 0.790. The van der Waals surface area contributed by atoms with Crippen molar-refractivity contribution >= 4 is 0 Å². The van der Waals surface area contributed by atoms with E-state index in [4.69, 9.17) is 0 Å². The average molecular weight is 224 g/mol. The molecule has 1 aliphatic heterocycles. The van der Waals surface area contributed by atoms with Crippen molar-refractivity contribution in [1.29, 1.82) is 0 Å². The molecule has 1 saturated carbocycles. The molecule has 2 nitrogen and oxygen atoms in total. The molecule has 0 aromatic carbocycles. The molecule has 1 atom stereocenters. The molecule has 1 N–H and O–H groups in total. The predicted octanol–water partition coefficient (Wildman–Crippen LogP) is 2.64. The van der Waals surface area contributed by atoms with Crippen LogP contribution in [0.4, 0.5) is 0 Å². The molecule has 0 spiro atoms. The average Bonchev–Trinajstić information content (AvgIpc) is 2.72. The molecule has 1 unspecified atom stereocenters. The van der Waals surface area contributed by atoms with Crippen LogP contribution in [-0.2, 0) is 0 Å². The summed E-state index contributed by atoms with van der Waals surface area (Å²) in [5.41, 5.74) is 0. The van der Waals surface area contributed by atoms with Gasteiger partial charge in [0, 0.05) is 6.04 Å². The predicted molar refractivity (Wildman–Crippen MR) is 69.7 cm³/mol. The molecule has 94 valence electrons. The Morgan fingerprint density at radius 2 is 1.81 bits per heavy atom. The first kappa shape index (κ1) is 12.4. The van der Waals surface area contributed by atoms with Gasteiger partial charge in [-0.15, -0.1) is 0 Å². The zero-order valence-corrected chi connectivity index (χ0v) is 10.9. The Morgan fingerprint density at radius 3 is 2.56 bits per heavy atom. The largest absolute Gasteiger partial charge is 0.314 e. The van der Waals surface area contributed by atoms with Crippen LogP contribution in [0.1, 0.15) is 51.9 Å². The van der Waals surface area contributed by atoms with Gasteiger partial charge >= 0.3 is 0 Å². The molecule has 0 aromatic rings. The smallest absolute Gasteiger partial charge is 0.00798 e. The Hall–Kier alpha value is -0.0800. The molecule has 1 aliphatic carbocycles. The number of nitrogens with zero attached hydrogens (tertiary/aromatic N) is 1. The van der Waals surface area contributed by atoms with Crippen LogP contribution in [0.25, 0.3) is 0 Å². The fourth-order valence-electron chi connectivity index (χ4n) is 3.22. The second-order valence-corrected chi connectivity index (χ2v) is 5.62. The van der Waals surface area contributed by atoms with Crippen LogP contribution in [0, 0.1) is 5.92 Å². The minimum atomic E-state index is 0.803. The Kier molecular flexibility index (Phi) is 5.11. The van der Waals surface area contributed by atoms with E-state index in [-0.39, 0.29) is 0 Å². The molecule has 1 heterocycles. The molecule has 0 radical (unpaired) electrons. The number of nitrogens with one attached hydrogen (secondary N) is 1. The highest BCUT2D eigenvalue weighted by Crippen LogP contribution is 2.24. The number of hydrogen-bond acceptors (Lipinski definition) is 2. The fourth-order valence-corrected chi connectivity index (χ4v) is 3.22. The third-order valence-electron chi connectivity index (χ3n) is 4.44. The summed E-state index contributed by atoms with van der Waals surface area (Å²) in [6.07, 6.45) is 10.0. The topological polar surface area (TPSA) is 15.3 Å². The van der Waals surface area contributed by atoms with Gasteiger partial charge in [-0.3, -0.25) is 0 Å². The minimum absolute atomic E-state index is 0.803. The van der Waals surface area contributed by atoms with E-state index in [0.29, 0.717) is 0 Å². The maximum Gasteiger partial charge on any atom is 0.00798 e. The highest BCUT2D eigenvalue weighted by atomic mass is 15.1. The summed E-state index contributed by atoms with van der Waals surface area (Å²) in [6, 6.07) is 0.803. The van der Waals surface area contributed by atoms with Crippen molar-refractivity contribution in [3.05, 3.63) is 0 Å². The molecular weight excluding hydrogens is 196 g/mol. The number of likely N-dealkylation sites (tertiary alicyclic amines) is 1. The van der Waals surface area contributed by atoms with E-state index in [1.165, 1.54) is 71.1 Å². The van der Waals surface area contributed by atoms with E-state index in [1.807, 2.05) is 0 Å². The van der Waals surface area contributed by atoms with Crippen molar-refractivity contribution in [1.82, 2.24) is 10.2 Å². The van der Waals surface area contributed by atoms with Crippen molar-refractivity contribution in [3.63, 3.8) is 0 Å². The lowest BCUT2D eigenvalue weighted by atomic mass is 10.1. The Balaban J connectivity index is 1.65. The lowest BCUT2D eigenvalue weighted by molar-refractivity contribution is 0.296. The van der Waals surface area contributed by atoms with Gasteiger partial charge in [-0.2, -0.15) is 0 Å². The molecule has 2 aliphatic rings. The Morgan fingerprint density at radius 1 is 1.00 bits per heavy atom. The van der Waals surface area contributed by atoms with Gasteiger partial charge < -0.3 is 10.2 Å². The lowest BCUT2D eigenvalue weighted by Crippen LogP contribution is -2.34. The number of hydrogen-bond donors (Lipinski definition) is 1. The van der Waals surface area contributed by atoms with Crippen molar-refractivity contribution in [2.24, 2.45) is 5.92 Å². The van der Waals surface area contributed by atoms with Gasteiger partial charge in [-0.25, -0.2) is 0 Å². The van der Waals surface area contributed by atoms with Crippen LogP contribution < -0.4 is 5.32 Å². The summed E-state index contributed by atoms with van der Waals surface area (Å²) in [5.74, 6) is 0.991. The van der Waals surface area contributed by atoms with Crippen LogP contribution in [0.3, 0.4) is 0 Å². The minimum Gasteiger partial charge on any atom is -0.314 e. The Bertz CT molecular complexity index is 187. The molecule has 16 heavy (non-hydrogen) atoms. The van der Waals surface area contributed by atoms with Crippen molar-refractivity contribution < 1.29 is 0 Å². The summed E-state index contributed by atoms with van der Waals surface area (Å²) in [4.78, 5) is 2.59. The monoisotopic (exact) mass is 224 g/mol. The zero-order valence-electron chi connectivity index (χ0n) is 10.9. The highest BCUT2D eigenvalue weighted by Gasteiger charge is 2.19. The molecule has 1 saturated heterocycles. The van der Waals surface area contributed by atoms with Crippen LogP contribution in [-0.4, -0.2) is 37.1 Å². The molecule has 0 bridgehead atoms. The summed E-state index contributed by atoms with van der Waals surface area (Å²) in [7, 11) is 0. The molecule has 2 heteroatoms. The number of rotatable bonds is 4. The Labute approximate surface area is 101 Å². The second-order valence-electron chi connectivity index (χ2n) is 5.62. The third-order valence-corrected chi connectivity index (χ3v) is 4.44. The maximum atomic E-state index is 3.82. The van der Waals surface area contributed by atoms with Gasteiger partial charge in [-0.1, -0.05) is 19.8 Å². The van der Waals surface area contributed by atoms with Crippen LogP contribution in [0.15, 0.2) is 0 Å². The van der Waals surface area contributed by atoms with E-state index in [1.54, 1.807) is 0 Å². The van der Waals surface area contributed by atoms with Gasteiger partial charge in [0.25, 0.3) is 0 Å². The fraction of sp³-hybridized carbons (Fsp3) is 1.00. The lowest BCUT2D eigenvalue weighted by Gasteiger charge is -2.20. The van der Waals surface area contributed by atoms with E-state index >= 15 is 0 Å². The van der Waals surface area contributed by atoms with Crippen molar-refractivity contribution in [2.75, 3.05) is 26.2 Å². The molecule has 2 fully saturated rings. The molecule has 2 rings (SSSR count). The zero-order chi connectivity index (χ0) is 11.2. The van der Waals surface area contributed by atoms with Crippen molar-refractivity contribution in [3.8, 4) is 0 Å². The van der Waals surface area contributed by atoms with Crippen LogP contribution in [0.2, 0.25) is 0 Å². The normalized spacial score (nSPS) is 29.4.